The molecule has 2 aromatic rings. The summed E-state index contributed by atoms with van der Waals surface area (Å²) in [7, 11) is -3.77. The molecule has 4 heterocycles. The van der Waals surface area contributed by atoms with E-state index in [4.69, 9.17) is 9.26 Å². The third kappa shape index (κ3) is 3.42. The van der Waals surface area contributed by atoms with Crippen molar-refractivity contribution in [2.24, 2.45) is 0 Å². The summed E-state index contributed by atoms with van der Waals surface area (Å²) < 4.78 is 38.5. The number of amides is 1. The first-order valence-electron chi connectivity index (χ1n) is 8.88. The summed E-state index contributed by atoms with van der Waals surface area (Å²) in [5.41, 5.74) is 0. The van der Waals surface area contributed by atoms with Crippen LogP contribution in [0, 0.1) is 6.92 Å². The Morgan fingerprint density at radius 3 is 2.78 bits per heavy atom. The van der Waals surface area contributed by atoms with Gasteiger partial charge in [-0.25, -0.2) is 8.42 Å². The summed E-state index contributed by atoms with van der Waals surface area (Å²) in [6.45, 7) is 4.14. The summed E-state index contributed by atoms with van der Waals surface area (Å²) in [4.78, 5) is 16.2. The van der Waals surface area contributed by atoms with Crippen molar-refractivity contribution in [3.63, 3.8) is 0 Å². The minimum Gasteiger partial charge on any atom is -0.378 e. The van der Waals surface area contributed by atoms with Crippen LogP contribution in [0.2, 0.25) is 0 Å². The minimum atomic E-state index is -3.77. The number of carbonyl (C=O) groups is 1. The second-order valence-electron chi connectivity index (χ2n) is 6.62. The van der Waals surface area contributed by atoms with Crippen molar-refractivity contribution >= 4 is 27.3 Å². The normalized spacial score (nSPS) is 21.7. The number of hydrogen-bond donors (Lipinski definition) is 0. The largest absolute Gasteiger partial charge is 0.378 e. The van der Waals surface area contributed by atoms with Gasteiger partial charge in [-0.2, -0.15) is 4.31 Å². The SMILES string of the molecule is Cc1sc(-c2ccno2)cc1S(=O)(=O)N1CCC[C@H]1C(=O)N1CCOCC1. The smallest absolute Gasteiger partial charge is 0.244 e. The zero-order valence-electron chi connectivity index (χ0n) is 15.0. The first-order chi connectivity index (χ1) is 13.0. The highest BCUT2D eigenvalue weighted by molar-refractivity contribution is 7.89. The molecule has 2 fully saturated rings. The average Bonchev–Trinajstić information content (AvgIpc) is 3.41. The molecule has 0 aliphatic carbocycles. The van der Waals surface area contributed by atoms with Gasteiger partial charge < -0.3 is 14.2 Å². The van der Waals surface area contributed by atoms with Crippen LogP contribution in [0.15, 0.2) is 27.7 Å². The van der Waals surface area contributed by atoms with E-state index in [2.05, 4.69) is 5.16 Å². The van der Waals surface area contributed by atoms with Gasteiger partial charge in [-0.3, -0.25) is 4.79 Å². The molecule has 0 N–H and O–H groups in total. The van der Waals surface area contributed by atoms with Gasteiger partial charge in [0.05, 0.1) is 29.2 Å². The Morgan fingerprint density at radius 2 is 2.07 bits per heavy atom. The fourth-order valence-electron chi connectivity index (χ4n) is 3.58. The zero-order chi connectivity index (χ0) is 19.0. The molecule has 1 amide bonds. The van der Waals surface area contributed by atoms with Crippen LogP contribution in [0.3, 0.4) is 0 Å². The number of rotatable bonds is 4. The van der Waals surface area contributed by atoms with Crippen LogP contribution in [-0.4, -0.2) is 67.6 Å². The number of aromatic nitrogens is 1. The van der Waals surface area contributed by atoms with Crippen molar-refractivity contribution in [2.75, 3.05) is 32.8 Å². The second kappa shape index (κ2) is 7.34. The van der Waals surface area contributed by atoms with Crippen LogP contribution in [0.4, 0.5) is 0 Å². The summed E-state index contributed by atoms with van der Waals surface area (Å²) in [5.74, 6) is 0.412. The maximum Gasteiger partial charge on any atom is 0.244 e. The summed E-state index contributed by atoms with van der Waals surface area (Å²) in [6.07, 6.45) is 2.75. The van der Waals surface area contributed by atoms with Crippen LogP contribution in [0.25, 0.3) is 10.6 Å². The number of aryl methyl sites for hydroxylation is 1. The van der Waals surface area contributed by atoms with Crippen LogP contribution >= 0.6 is 11.3 Å². The molecule has 4 rings (SSSR count). The molecule has 0 aromatic carbocycles. The lowest BCUT2D eigenvalue weighted by Crippen LogP contribution is -2.50. The van der Waals surface area contributed by atoms with Gasteiger partial charge >= 0.3 is 0 Å². The maximum absolute atomic E-state index is 13.3. The van der Waals surface area contributed by atoms with E-state index in [-0.39, 0.29) is 10.8 Å². The van der Waals surface area contributed by atoms with Gasteiger partial charge in [0, 0.05) is 30.6 Å². The Kier molecular flexibility index (Phi) is 5.06. The van der Waals surface area contributed by atoms with Gasteiger partial charge in [-0.15, -0.1) is 11.3 Å². The first-order valence-corrected chi connectivity index (χ1v) is 11.1. The first kappa shape index (κ1) is 18.6. The van der Waals surface area contributed by atoms with E-state index in [0.717, 1.165) is 0 Å². The quantitative estimate of drug-likeness (QED) is 0.761. The molecule has 2 aromatic heterocycles. The van der Waals surface area contributed by atoms with Crippen LogP contribution in [-0.2, 0) is 19.6 Å². The molecule has 27 heavy (non-hydrogen) atoms. The average molecular weight is 412 g/mol. The fourth-order valence-corrected chi connectivity index (χ4v) is 6.75. The van der Waals surface area contributed by atoms with Crippen molar-refractivity contribution in [1.29, 1.82) is 0 Å². The van der Waals surface area contributed by atoms with E-state index in [1.807, 2.05) is 0 Å². The van der Waals surface area contributed by atoms with Crippen molar-refractivity contribution in [3.8, 4) is 10.6 Å². The van der Waals surface area contributed by atoms with Gasteiger partial charge in [-0.05, 0) is 25.8 Å². The van der Waals surface area contributed by atoms with Gasteiger partial charge in [0.25, 0.3) is 0 Å². The molecular weight excluding hydrogens is 390 g/mol. The summed E-state index contributed by atoms with van der Waals surface area (Å²) in [6, 6.07) is 2.67. The van der Waals surface area contributed by atoms with Gasteiger partial charge in [-0.1, -0.05) is 5.16 Å². The molecule has 146 valence electrons. The summed E-state index contributed by atoms with van der Waals surface area (Å²) in [5, 5.41) is 3.68. The Morgan fingerprint density at radius 1 is 1.30 bits per heavy atom. The van der Waals surface area contributed by atoms with Crippen molar-refractivity contribution in [2.45, 2.75) is 30.7 Å². The number of sulfonamides is 1. The highest BCUT2D eigenvalue weighted by Crippen LogP contribution is 2.37. The molecule has 0 saturated carbocycles. The predicted molar refractivity (Wildman–Crippen MR) is 98.9 cm³/mol. The lowest BCUT2D eigenvalue weighted by Gasteiger charge is -2.32. The van der Waals surface area contributed by atoms with Gasteiger partial charge in [0.1, 0.15) is 6.04 Å². The number of carbonyl (C=O) groups excluding carboxylic acids is 1. The topological polar surface area (TPSA) is 93.0 Å². The Labute approximate surface area is 161 Å². The molecule has 0 unspecified atom stereocenters. The van der Waals surface area contributed by atoms with E-state index in [9.17, 15) is 13.2 Å². The van der Waals surface area contributed by atoms with E-state index < -0.39 is 16.1 Å². The Bertz CT molecular complexity index is 917. The molecule has 2 saturated heterocycles. The molecule has 0 bridgehead atoms. The number of hydrogen-bond acceptors (Lipinski definition) is 7. The van der Waals surface area contributed by atoms with E-state index >= 15 is 0 Å². The van der Waals surface area contributed by atoms with Crippen molar-refractivity contribution < 1.29 is 22.5 Å². The van der Waals surface area contributed by atoms with Crippen molar-refractivity contribution in [3.05, 3.63) is 23.2 Å². The lowest BCUT2D eigenvalue weighted by atomic mass is 10.2. The van der Waals surface area contributed by atoms with E-state index in [1.54, 1.807) is 24.0 Å². The molecular formula is C17H21N3O5S2. The molecule has 2 aliphatic rings. The second-order valence-corrected chi connectivity index (χ2v) is 9.73. The molecule has 1 atom stereocenters. The molecule has 10 heteroatoms. The number of nitrogens with zero attached hydrogens (tertiary/aromatic N) is 3. The zero-order valence-corrected chi connectivity index (χ0v) is 16.6. The van der Waals surface area contributed by atoms with Crippen molar-refractivity contribution in [1.82, 2.24) is 14.4 Å². The highest BCUT2D eigenvalue weighted by atomic mass is 32.2. The molecule has 2 aliphatic heterocycles. The highest BCUT2D eigenvalue weighted by Gasteiger charge is 2.42. The van der Waals surface area contributed by atoms with E-state index in [1.165, 1.54) is 21.8 Å². The van der Waals surface area contributed by atoms with Gasteiger partial charge in [0.15, 0.2) is 5.76 Å². The minimum absolute atomic E-state index is 0.122. The van der Waals surface area contributed by atoms with Crippen LogP contribution < -0.4 is 0 Å². The van der Waals surface area contributed by atoms with Crippen LogP contribution in [0.1, 0.15) is 17.7 Å². The summed E-state index contributed by atoms with van der Waals surface area (Å²) >= 11 is 1.34. The standard InChI is InChI=1S/C17H21N3O5S2/c1-12-16(11-15(26-12)14-4-5-18-25-14)27(22,23)20-6-2-3-13(20)17(21)19-7-9-24-10-8-19/h4-5,11,13H,2-3,6-10H2,1H3/t13-/m0/s1. The molecule has 0 spiro atoms. The molecule has 8 nitrogen and oxygen atoms in total. The number of morpholine rings is 1. The van der Waals surface area contributed by atoms with Gasteiger partial charge in [0.2, 0.25) is 15.9 Å². The third-order valence-electron chi connectivity index (χ3n) is 4.95. The monoisotopic (exact) mass is 411 g/mol. The maximum atomic E-state index is 13.3. The predicted octanol–water partition coefficient (Wildman–Crippen LogP) is 1.72. The fraction of sp³-hybridized carbons (Fsp3) is 0.529. The van der Waals surface area contributed by atoms with E-state index in [0.29, 0.717) is 61.2 Å². The molecule has 0 radical (unpaired) electrons. The Balaban J connectivity index is 1.62. The lowest BCUT2D eigenvalue weighted by molar-refractivity contribution is -0.138. The number of ether oxygens (including phenoxy) is 1. The third-order valence-corrected chi connectivity index (χ3v) is 8.18. The Hall–Kier alpha value is -1.75. The number of thiophene rings is 1. The van der Waals surface area contributed by atoms with Crippen LogP contribution in [0.5, 0.6) is 0 Å².